The minimum Gasteiger partial charge on any atom is -1.00 e. The largest absolute Gasteiger partial charge is 1.00 e. The number of halogens is 1. The Labute approximate surface area is 118 Å². The van der Waals surface area contributed by atoms with E-state index in [4.69, 9.17) is 10.5 Å². The highest BCUT2D eigenvalue weighted by Gasteiger charge is 2.53. The first-order valence-corrected chi connectivity index (χ1v) is 6.15. The van der Waals surface area contributed by atoms with Crippen LogP contribution in [0.15, 0.2) is 17.1 Å². The summed E-state index contributed by atoms with van der Waals surface area (Å²) in [7, 11) is 0. The van der Waals surface area contributed by atoms with E-state index in [1.807, 2.05) is 13.8 Å². The van der Waals surface area contributed by atoms with Crippen molar-refractivity contribution in [2.45, 2.75) is 45.1 Å². The van der Waals surface area contributed by atoms with Crippen LogP contribution in [0.2, 0.25) is 0 Å². The first-order chi connectivity index (χ1) is 8.37. The molecule has 0 aliphatic carbocycles. The lowest BCUT2D eigenvalue weighted by Gasteiger charge is -2.25. The molecule has 4 N–H and O–H groups in total. The highest BCUT2D eigenvalue weighted by Crippen LogP contribution is 2.40. The number of aliphatic hydroxyl groups is 1. The molecule has 108 valence electrons. The summed E-state index contributed by atoms with van der Waals surface area (Å²) in [6.45, 7) is 5.62. The normalized spacial score (nSPS) is 34.0. The maximum Gasteiger partial charge on any atom is 0.499 e. The summed E-state index contributed by atoms with van der Waals surface area (Å²) >= 11 is 0. The third-order valence-corrected chi connectivity index (χ3v) is 3.84. The second kappa shape index (κ2) is 5.48. The number of nitrogens with zero attached hydrogens (tertiary/aromatic N) is 1. The predicted octanol–water partition coefficient (Wildman–Crippen LogP) is -3.06. The Kier molecular flexibility index (Phi) is 4.60. The number of hydrogen-bond acceptors (Lipinski definition) is 4. The predicted molar refractivity (Wildman–Crippen MR) is 65.7 cm³/mol. The van der Waals surface area contributed by atoms with Crippen LogP contribution in [0.4, 0.5) is 5.82 Å². The number of nitrogens with two attached hydrogens (primary N) is 1. The summed E-state index contributed by atoms with van der Waals surface area (Å²) in [6.07, 6.45) is 1.58. The van der Waals surface area contributed by atoms with Gasteiger partial charge in [0.05, 0.1) is 6.10 Å². The Bertz CT molecular complexity index is 503. The second-order valence-electron chi connectivity index (χ2n) is 5.06. The summed E-state index contributed by atoms with van der Waals surface area (Å²) < 4.78 is 7.15. The first kappa shape index (κ1) is 15.9. The molecule has 0 aromatic carbocycles. The molecule has 1 aliphatic rings. The van der Waals surface area contributed by atoms with Crippen LogP contribution < -0.4 is 28.4 Å². The van der Waals surface area contributed by atoms with Gasteiger partial charge < -0.3 is 28.0 Å². The number of nitrogens with one attached hydrogen (secondary N) is 1. The number of aromatic nitrogens is 2. The van der Waals surface area contributed by atoms with E-state index in [0.717, 1.165) is 6.42 Å². The van der Waals surface area contributed by atoms with Crippen molar-refractivity contribution in [3.05, 3.63) is 22.7 Å². The van der Waals surface area contributed by atoms with Crippen molar-refractivity contribution in [3.63, 3.8) is 0 Å². The number of aromatic amines is 1. The van der Waals surface area contributed by atoms with Crippen molar-refractivity contribution in [2.75, 3.05) is 5.73 Å². The topological polar surface area (TPSA) is 92.2 Å². The van der Waals surface area contributed by atoms with E-state index < -0.39 is 11.8 Å². The smallest absolute Gasteiger partial charge is 0.499 e. The summed E-state index contributed by atoms with van der Waals surface area (Å²) in [4.78, 5) is 14.3. The van der Waals surface area contributed by atoms with Gasteiger partial charge >= 0.3 is 5.69 Å². The van der Waals surface area contributed by atoms with Crippen LogP contribution in [0.3, 0.4) is 0 Å². The maximum atomic E-state index is 11.9. The highest BCUT2D eigenvalue weighted by molar-refractivity contribution is 5.21. The van der Waals surface area contributed by atoms with Crippen LogP contribution in [0, 0.1) is 5.92 Å². The lowest BCUT2D eigenvalue weighted by atomic mass is 9.87. The molecule has 1 aromatic heterocycles. The Morgan fingerprint density at radius 2 is 2.26 bits per heavy atom. The van der Waals surface area contributed by atoms with Crippen LogP contribution in [0.1, 0.15) is 33.4 Å². The lowest BCUT2D eigenvalue weighted by molar-refractivity contribution is -0.786. The zero-order chi connectivity index (χ0) is 13.5. The van der Waals surface area contributed by atoms with Crippen LogP contribution in [0.25, 0.3) is 0 Å². The molecule has 2 heterocycles. The summed E-state index contributed by atoms with van der Waals surface area (Å²) in [5.74, 6) is 0.242. The van der Waals surface area contributed by atoms with E-state index in [1.165, 1.54) is 10.8 Å². The summed E-state index contributed by atoms with van der Waals surface area (Å²) in [5, 5.41) is 10.5. The molecular formula is C12H20ClN3O3. The van der Waals surface area contributed by atoms with Gasteiger partial charge in [0.25, 0.3) is 0 Å². The molecular weight excluding hydrogens is 270 g/mol. The van der Waals surface area contributed by atoms with Gasteiger partial charge in [-0.3, -0.25) is 0 Å². The fourth-order valence-electron chi connectivity index (χ4n) is 2.46. The van der Waals surface area contributed by atoms with E-state index in [0.29, 0.717) is 0 Å². The molecule has 4 atom stereocenters. The van der Waals surface area contributed by atoms with E-state index >= 15 is 0 Å². The van der Waals surface area contributed by atoms with Gasteiger partial charge in [-0.05, 0) is 13.3 Å². The molecule has 0 unspecified atom stereocenters. The van der Waals surface area contributed by atoms with Gasteiger partial charge in [-0.25, -0.2) is 0 Å². The molecule has 0 saturated carbocycles. The van der Waals surface area contributed by atoms with E-state index in [-0.39, 0.29) is 35.9 Å². The molecule has 0 amide bonds. The fourth-order valence-corrected chi connectivity index (χ4v) is 2.46. The third kappa shape index (κ3) is 2.61. The van der Waals surface area contributed by atoms with Crippen molar-refractivity contribution >= 4 is 5.82 Å². The van der Waals surface area contributed by atoms with Gasteiger partial charge in [-0.2, -0.15) is 14.3 Å². The monoisotopic (exact) mass is 289 g/mol. The van der Waals surface area contributed by atoms with Crippen molar-refractivity contribution in [1.29, 1.82) is 0 Å². The minimum atomic E-state index is -1.09. The Morgan fingerprint density at radius 1 is 1.63 bits per heavy atom. The summed E-state index contributed by atoms with van der Waals surface area (Å²) in [5.41, 5.74) is 4.03. The van der Waals surface area contributed by atoms with Crippen molar-refractivity contribution in [3.8, 4) is 0 Å². The Hall–Kier alpha value is -1.11. The molecule has 1 aromatic rings. The molecule has 2 rings (SSSR count). The number of nitrogen functional groups attached to an aromatic ring is 1. The number of rotatable bonds is 2. The van der Waals surface area contributed by atoms with E-state index in [9.17, 15) is 9.90 Å². The summed E-state index contributed by atoms with van der Waals surface area (Å²) in [6, 6.07) is 1.57. The first-order valence-electron chi connectivity index (χ1n) is 6.15. The zero-order valence-corrected chi connectivity index (χ0v) is 12.0. The van der Waals surface area contributed by atoms with Crippen molar-refractivity contribution < 1.29 is 26.8 Å². The van der Waals surface area contributed by atoms with Gasteiger partial charge in [-0.1, -0.05) is 13.8 Å². The average Bonchev–Trinajstić information content (AvgIpc) is 2.52. The molecule has 1 aliphatic heterocycles. The number of hydrogen-bond donors (Lipinski definition) is 3. The molecule has 0 radical (unpaired) electrons. The average molecular weight is 290 g/mol. The second-order valence-corrected chi connectivity index (χ2v) is 5.06. The maximum absolute atomic E-state index is 11.9. The third-order valence-electron chi connectivity index (χ3n) is 3.84. The molecule has 19 heavy (non-hydrogen) atoms. The molecule has 0 bridgehead atoms. The van der Waals surface area contributed by atoms with Crippen LogP contribution in [-0.4, -0.2) is 21.8 Å². The van der Waals surface area contributed by atoms with Gasteiger partial charge in [0, 0.05) is 12.0 Å². The molecule has 7 heteroatoms. The van der Waals surface area contributed by atoms with Crippen LogP contribution in [0.5, 0.6) is 0 Å². The van der Waals surface area contributed by atoms with E-state index in [2.05, 4.69) is 4.98 Å². The van der Waals surface area contributed by atoms with Crippen LogP contribution in [-0.2, 0) is 4.74 Å². The highest BCUT2D eigenvalue weighted by atomic mass is 35.5. The van der Waals surface area contributed by atoms with Gasteiger partial charge in [0.1, 0.15) is 11.8 Å². The number of anilines is 1. The van der Waals surface area contributed by atoms with Gasteiger partial charge in [0.2, 0.25) is 6.23 Å². The quantitative estimate of drug-likeness (QED) is 0.504. The zero-order valence-electron chi connectivity index (χ0n) is 11.3. The standard InChI is InChI=1S/C12H19N3O3.ClH/c1-4-8-7(2)12(3,17)10(18-8)15-6-5-9(13)14-11(15)16;/h5-8,10,17H,4H2,1-3H3,(H2,13,14,16);1H/t7-,8-,10-,12-;/m1./s1. The molecule has 1 saturated heterocycles. The fraction of sp³-hybridized carbons (Fsp3) is 0.667. The van der Waals surface area contributed by atoms with Crippen molar-refractivity contribution in [2.24, 2.45) is 5.92 Å². The SMILES string of the molecule is CC[C@H]1O[C@@H]([n+]2ccc(N)[nH]c2=O)[C@](C)(O)[C@@H]1C.[Cl-]. The van der Waals surface area contributed by atoms with Crippen LogP contribution >= 0.6 is 0 Å². The molecule has 1 fully saturated rings. The van der Waals surface area contributed by atoms with E-state index in [1.54, 1.807) is 13.0 Å². The number of ether oxygens (including phenoxy) is 1. The van der Waals surface area contributed by atoms with Crippen molar-refractivity contribution in [1.82, 2.24) is 4.98 Å². The number of H-pyrrole nitrogens is 1. The van der Waals surface area contributed by atoms with Gasteiger partial charge in [-0.15, -0.1) is 0 Å². The Morgan fingerprint density at radius 3 is 2.74 bits per heavy atom. The van der Waals surface area contributed by atoms with Gasteiger partial charge in [0.15, 0.2) is 5.82 Å². The Balaban J connectivity index is 0.00000180. The molecule has 6 nitrogen and oxygen atoms in total. The molecule has 0 spiro atoms. The minimum absolute atomic E-state index is 0. The lowest BCUT2D eigenvalue weighted by Crippen LogP contribution is -3.00.